The molecule has 26 heavy (non-hydrogen) atoms. The maximum absolute atomic E-state index is 12.6. The van der Waals surface area contributed by atoms with Crippen molar-refractivity contribution < 1.29 is 18.0 Å². The lowest BCUT2D eigenvalue weighted by Crippen LogP contribution is -2.37. The molecule has 1 amide bonds. The van der Waals surface area contributed by atoms with Crippen LogP contribution in [-0.4, -0.2) is 36.1 Å². The van der Waals surface area contributed by atoms with Crippen LogP contribution < -0.4 is 16.0 Å². The van der Waals surface area contributed by atoms with Crippen molar-refractivity contribution in [3.8, 4) is 0 Å². The molecule has 0 saturated carbocycles. The van der Waals surface area contributed by atoms with Crippen LogP contribution >= 0.6 is 36.4 Å². The summed E-state index contributed by atoms with van der Waals surface area (Å²) >= 11 is 5.95. The van der Waals surface area contributed by atoms with Gasteiger partial charge in [0.15, 0.2) is 0 Å². The molecule has 5 nitrogen and oxygen atoms in total. The minimum absolute atomic E-state index is 0. The van der Waals surface area contributed by atoms with E-state index >= 15 is 0 Å². The lowest BCUT2D eigenvalue weighted by Gasteiger charge is -2.20. The van der Waals surface area contributed by atoms with Gasteiger partial charge < -0.3 is 16.0 Å². The van der Waals surface area contributed by atoms with Crippen LogP contribution in [0, 0.1) is 0 Å². The Balaban J connectivity index is 0.00000312. The van der Waals surface area contributed by atoms with Crippen molar-refractivity contribution in [1.82, 2.24) is 10.3 Å². The van der Waals surface area contributed by atoms with Crippen LogP contribution in [0.25, 0.3) is 0 Å². The van der Waals surface area contributed by atoms with E-state index in [9.17, 15) is 18.0 Å². The smallest absolute Gasteiger partial charge is 0.353 e. The van der Waals surface area contributed by atoms with Gasteiger partial charge in [-0.1, -0.05) is 11.6 Å². The topological polar surface area (TPSA) is 71.2 Å². The number of nitrogens with zero attached hydrogens (tertiary/aromatic N) is 2. The molecule has 1 aliphatic heterocycles. The van der Waals surface area contributed by atoms with Crippen molar-refractivity contribution >= 4 is 48.1 Å². The summed E-state index contributed by atoms with van der Waals surface area (Å²) < 4.78 is 37.9. The number of carbonyl (C=O) groups is 1. The van der Waals surface area contributed by atoms with Gasteiger partial charge in [-0.2, -0.15) is 13.2 Å². The van der Waals surface area contributed by atoms with Crippen LogP contribution in [0.15, 0.2) is 12.3 Å². The molecular formula is C15H22Cl3F3N4O. The Kier molecular flexibility index (Phi) is 10.0. The first kappa shape index (κ1) is 25.0. The highest BCUT2D eigenvalue weighted by atomic mass is 35.5. The standard InChI is InChI=1S/C15H20ClF3N4O.2ClH/c1-9(20)2-3-13(24)22-11-4-5-23(8-11)14-12(16)6-10(7-21-14)15(17,18)19;;/h6-7,9,11H,2-5,8,20H2,1H3,(H,22,24);2*1H. The average Bonchev–Trinajstić information content (AvgIpc) is 2.92. The van der Waals surface area contributed by atoms with Crippen molar-refractivity contribution in [3.63, 3.8) is 0 Å². The van der Waals surface area contributed by atoms with Crippen LogP contribution in [0.1, 0.15) is 31.7 Å². The zero-order valence-corrected chi connectivity index (χ0v) is 16.4. The molecule has 1 fully saturated rings. The van der Waals surface area contributed by atoms with Crippen LogP contribution in [0.3, 0.4) is 0 Å². The minimum Gasteiger partial charge on any atom is -0.353 e. The molecule has 1 aromatic heterocycles. The number of halogens is 6. The van der Waals surface area contributed by atoms with E-state index in [1.54, 1.807) is 4.90 Å². The molecule has 1 aliphatic rings. The summed E-state index contributed by atoms with van der Waals surface area (Å²) in [6.45, 7) is 2.86. The van der Waals surface area contributed by atoms with Crippen LogP contribution in [0.4, 0.5) is 19.0 Å². The number of pyridine rings is 1. The van der Waals surface area contributed by atoms with Crippen LogP contribution in [0.2, 0.25) is 5.02 Å². The summed E-state index contributed by atoms with van der Waals surface area (Å²) in [5.74, 6) is 0.225. The predicted octanol–water partition coefficient (Wildman–Crippen LogP) is 3.42. The van der Waals surface area contributed by atoms with E-state index in [4.69, 9.17) is 17.3 Å². The molecule has 0 radical (unpaired) electrons. The highest BCUT2D eigenvalue weighted by Crippen LogP contribution is 2.34. The molecule has 1 saturated heterocycles. The summed E-state index contributed by atoms with van der Waals surface area (Å²) in [5.41, 5.74) is 4.74. The van der Waals surface area contributed by atoms with E-state index in [0.29, 0.717) is 38.2 Å². The summed E-state index contributed by atoms with van der Waals surface area (Å²) in [6, 6.07) is 0.759. The number of amides is 1. The van der Waals surface area contributed by atoms with Gasteiger partial charge in [0.25, 0.3) is 0 Å². The van der Waals surface area contributed by atoms with E-state index < -0.39 is 11.7 Å². The predicted molar refractivity (Wildman–Crippen MR) is 100 cm³/mol. The van der Waals surface area contributed by atoms with E-state index in [1.807, 2.05) is 6.92 Å². The molecule has 0 spiro atoms. The first-order valence-electron chi connectivity index (χ1n) is 7.69. The van der Waals surface area contributed by atoms with E-state index in [0.717, 1.165) is 12.3 Å². The fourth-order valence-corrected chi connectivity index (χ4v) is 2.83. The molecule has 0 bridgehead atoms. The zero-order valence-electron chi connectivity index (χ0n) is 14.1. The van der Waals surface area contributed by atoms with Gasteiger partial charge in [0.2, 0.25) is 5.91 Å². The monoisotopic (exact) mass is 436 g/mol. The molecule has 2 heterocycles. The van der Waals surface area contributed by atoms with Gasteiger partial charge in [0.05, 0.1) is 10.6 Å². The van der Waals surface area contributed by atoms with Gasteiger partial charge >= 0.3 is 6.18 Å². The van der Waals surface area contributed by atoms with Crippen molar-refractivity contribution in [3.05, 3.63) is 22.8 Å². The van der Waals surface area contributed by atoms with Crippen LogP contribution in [0.5, 0.6) is 0 Å². The number of alkyl halides is 3. The summed E-state index contributed by atoms with van der Waals surface area (Å²) in [6.07, 6.45) is -2.06. The van der Waals surface area contributed by atoms with Crippen molar-refractivity contribution in [2.45, 2.75) is 44.4 Å². The molecule has 150 valence electrons. The minimum atomic E-state index is -4.48. The number of carbonyl (C=O) groups excluding carboxylic acids is 1. The van der Waals surface area contributed by atoms with Gasteiger partial charge in [-0.25, -0.2) is 4.98 Å². The van der Waals surface area contributed by atoms with E-state index in [1.165, 1.54) is 0 Å². The Morgan fingerprint density at radius 2 is 2.15 bits per heavy atom. The number of nitrogens with two attached hydrogens (primary N) is 1. The Bertz CT molecular complexity index is 602. The number of rotatable bonds is 5. The van der Waals surface area contributed by atoms with Crippen molar-refractivity contribution in [1.29, 1.82) is 0 Å². The normalized spacial score (nSPS) is 17.9. The molecule has 3 N–H and O–H groups in total. The molecule has 2 unspecified atom stereocenters. The second kappa shape index (κ2) is 10.4. The zero-order chi connectivity index (χ0) is 17.9. The Morgan fingerprint density at radius 3 is 2.69 bits per heavy atom. The first-order chi connectivity index (χ1) is 11.2. The molecular weight excluding hydrogens is 416 g/mol. The molecule has 0 aliphatic carbocycles. The lowest BCUT2D eigenvalue weighted by molar-refractivity contribution is -0.137. The van der Waals surface area contributed by atoms with Crippen LogP contribution in [-0.2, 0) is 11.0 Å². The van der Waals surface area contributed by atoms with Gasteiger partial charge in [0.1, 0.15) is 5.82 Å². The number of aromatic nitrogens is 1. The largest absolute Gasteiger partial charge is 0.417 e. The number of anilines is 1. The third kappa shape index (κ3) is 6.98. The van der Waals surface area contributed by atoms with Gasteiger partial charge in [-0.15, -0.1) is 24.8 Å². The fourth-order valence-electron chi connectivity index (χ4n) is 2.55. The molecule has 2 atom stereocenters. The Morgan fingerprint density at radius 1 is 1.50 bits per heavy atom. The van der Waals surface area contributed by atoms with Crippen molar-refractivity contribution in [2.24, 2.45) is 5.73 Å². The van der Waals surface area contributed by atoms with E-state index in [2.05, 4.69) is 10.3 Å². The maximum Gasteiger partial charge on any atom is 0.417 e. The number of hydrogen-bond acceptors (Lipinski definition) is 4. The lowest BCUT2D eigenvalue weighted by atomic mass is 10.2. The SMILES string of the molecule is CC(N)CCC(=O)NC1CCN(c2ncc(C(F)(F)F)cc2Cl)C1.Cl.Cl. The third-order valence-electron chi connectivity index (χ3n) is 3.83. The van der Waals surface area contributed by atoms with Gasteiger partial charge in [-0.05, 0) is 25.8 Å². The van der Waals surface area contributed by atoms with Gasteiger partial charge in [0, 0.05) is 37.8 Å². The average molecular weight is 438 g/mol. The summed E-state index contributed by atoms with van der Waals surface area (Å²) in [5, 5.41) is 2.85. The highest BCUT2D eigenvalue weighted by molar-refractivity contribution is 6.33. The molecule has 2 rings (SSSR count). The second-order valence-electron chi connectivity index (χ2n) is 6.04. The summed E-state index contributed by atoms with van der Waals surface area (Å²) in [7, 11) is 0. The maximum atomic E-state index is 12.6. The molecule has 1 aromatic rings. The molecule has 0 aromatic carbocycles. The second-order valence-corrected chi connectivity index (χ2v) is 6.45. The molecule has 11 heteroatoms. The quantitative estimate of drug-likeness (QED) is 0.740. The fraction of sp³-hybridized carbons (Fsp3) is 0.600. The highest BCUT2D eigenvalue weighted by Gasteiger charge is 2.33. The Hall–Kier alpha value is -0.960. The number of hydrogen-bond donors (Lipinski definition) is 2. The van der Waals surface area contributed by atoms with Gasteiger partial charge in [-0.3, -0.25) is 4.79 Å². The van der Waals surface area contributed by atoms with E-state index in [-0.39, 0.29) is 47.8 Å². The first-order valence-corrected chi connectivity index (χ1v) is 8.07. The number of nitrogens with one attached hydrogen (secondary N) is 1. The summed E-state index contributed by atoms with van der Waals surface area (Å²) in [4.78, 5) is 17.4. The third-order valence-corrected chi connectivity index (χ3v) is 4.11. The van der Waals surface area contributed by atoms with Crippen molar-refractivity contribution in [2.75, 3.05) is 18.0 Å². The Labute approximate surface area is 167 Å².